The van der Waals surface area contributed by atoms with Crippen molar-refractivity contribution in [1.82, 2.24) is 10.6 Å². The largest absolute Gasteiger partial charge is 0.471 e. The Kier molecular flexibility index (Phi) is 5.52. The van der Waals surface area contributed by atoms with Gasteiger partial charge in [0, 0.05) is 18.6 Å². The summed E-state index contributed by atoms with van der Waals surface area (Å²) in [6.45, 7) is 2.55. The molecule has 0 bridgehead atoms. The Morgan fingerprint density at radius 1 is 1.24 bits per heavy atom. The Morgan fingerprint density at radius 3 is 2.48 bits per heavy atom. The summed E-state index contributed by atoms with van der Waals surface area (Å²) in [6.07, 6.45) is 2.91. The third-order valence-electron chi connectivity index (χ3n) is 4.99. The van der Waals surface area contributed by atoms with E-state index < -0.39 is 18.1 Å². The molecule has 0 aromatic rings. The van der Waals surface area contributed by atoms with Gasteiger partial charge in [0.2, 0.25) is 0 Å². The number of carbonyl (C=O) groups excluding carboxylic acids is 1. The number of hydrogen-bond donors (Lipinski definition) is 2. The number of halogens is 3. The fraction of sp³-hybridized carbons (Fsp3) is 0.933. The molecule has 0 aromatic heterocycles. The van der Waals surface area contributed by atoms with Gasteiger partial charge in [0.1, 0.15) is 0 Å². The van der Waals surface area contributed by atoms with Crippen LogP contribution in [0.25, 0.3) is 0 Å². The summed E-state index contributed by atoms with van der Waals surface area (Å²) >= 11 is 0. The van der Waals surface area contributed by atoms with Crippen molar-refractivity contribution in [2.24, 2.45) is 11.8 Å². The fourth-order valence-corrected chi connectivity index (χ4v) is 3.93. The van der Waals surface area contributed by atoms with Crippen LogP contribution in [0.2, 0.25) is 0 Å². The Bertz CT molecular complexity index is 353. The molecule has 1 heterocycles. The predicted octanol–water partition coefficient (Wildman–Crippen LogP) is 3.00. The molecule has 1 aliphatic heterocycles. The highest BCUT2D eigenvalue weighted by atomic mass is 19.4. The molecule has 2 aliphatic rings. The molecular formula is C15H25F3N2O. The van der Waals surface area contributed by atoms with Gasteiger partial charge in [-0.25, -0.2) is 0 Å². The average molecular weight is 306 g/mol. The summed E-state index contributed by atoms with van der Waals surface area (Å²) in [7, 11) is 0. The molecule has 122 valence electrons. The third kappa shape index (κ3) is 4.34. The van der Waals surface area contributed by atoms with Crippen molar-refractivity contribution in [2.45, 2.75) is 70.1 Å². The minimum atomic E-state index is -4.79. The maximum Gasteiger partial charge on any atom is 0.471 e. The van der Waals surface area contributed by atoms with Gasteiger partial charge in [0.25, 0.3) is 0 Å². The van der Waals surface area contributed by atoms with E-state index in [2.05, 4.69) is 17.6 Å². The predicted molar refractivity (Wildman–Crippen MR) is 74.7 cm³/mol. The monoisotopic (exact) mass is 306 g/mol. The van der Waals surface area contributed by atoms with Crippen LogP contribution >= 0.6 is 0 Å². The number of piperidine rings is 1. The number of alkyl halides is 3. The van der Waals surface area contributed by atoms with E-state index in [9.17, 15) is 18.0 Å². The molecule has 2 rings (SSSR count). The molecule has 0 spiro atoms. The van der Waals surface area contributed by atoms with Crippen LogP contribution in [0.15, 0.2) is 0 Å². The molecule has 2 N–H and O–H groups in total. The number of carbonyl (C=O) groups is 1. The molecule has 1 saturated carbocycles. The molecule has 3 unspecified atom stereocenters. The van der Waals surface area contributed by atoms with Crippen molar-refractivity contribution in [3.05, 3.63) is 0 Å². The van der Waals surface area contributed by atoms with Crippen molar-refractivity contribution in [3.8, 4) is 0 Å². The van der Waals surface area contributed by atoms with Gasteiger partial charge in [0.05, 0.1) is 0 Å². The maximum atomic E-state index is 12.4. The van der Waals surface area contributed by atoms with Crippen LogP contribution in [-0.4, -0.2) is 30.7 Å². The lowest BCUT2D eigenvalue weighted by Crippen LogP contribution is -2.56. The first-order chi connectivity index (χ1) is 9.91. The zero-order chi connectivity index (χ0) is 15.5. The lowest BCUT2D eigenvalue weighted by atomic mass is 9.72. The Balaban J connectivity index is 1.96. The molecule has 3 nitrogen and oxygen atoms in total. The number of amides is 1. The van der Waals surface area contributed by atoms with E-state index >= 15 is 0 Å². The van der Waals surface area contributed by atoms with Crippen LogP contribution in [0.3, 0.4) is 0 Å². The summed E-state index contributed by atoms with van der Waals surface area (Å²) in [4.78, 5) is 11.1. The molecule has 1 saturated heterocycles. The van der Waals surface area contributed by atoms with Gasteiger partial charge in [-0.1, -0.05) is 39.0 Å². The molecule has 2 fully saturated rings. The van der Waals surface area contributed by atoms with E-state index in [0.29, 0.717) is 30.8 Å². The van der Waals surface area contributed by atoms with Gasteiger partial charge in [-0.2, -0.15) is 13.2 Å². The first-order valence-electron chi connectivity index (χ1n) is 8.03. The minimum Gasteiger partial charge on any atom is -0.344 e. The Morgan fingerprint density at radius 2 is 1.90 bits per heavy atom. The Hall–Kier alpha value is -0.780. The third-order valence-corrected chi connectivity index (χ3v) is 4.99. The highest BCUT2D eigenvalue weighted by Crippen LogP contribution is 2.36. The molecule has 0 aromatic carbocycles. The highest BCUT2D eigenvalue weighted by Gasteiger charge is 2.42. The standard InChI is InChI=1S/C15H25F3N2O/c1-2-13-12(10-6-4-3-5-7-10)8-11(9-19-13)20-14(21)15(16,17)18/h10-13,19H,2-9H2,1H3,(H,20,21). The van der Waals surface area contributed by atoms with Crippen LogP contribution in [0.1, 0.15) is 51.9 Å². The summed E-state index contributed by atoms with van der Waals surface area (Å²) in [5.41, 5.74) is 0. The van der Waals surface area contributed by atoms with Crippen molar-refractivity contribution in [2.75, 3.05) is 6.54 Å². The van der Waals surface area contributed by atoms with Crippen LogP contribution < -0.4 is 10.6 Å². The molecule has 0 radical (unpaired) electrons. The second-order valence-electron chi connectivity index (χ2n) is 6.39. The van der Waals surface area contributed by atoms with Crippen LogP contribution in [0.4, 0.5) is 13.2 Å². The second-order valence-corrected chi connectivity index (χ2v) is 6.39. The van der Waals surface area contributed by atoms with Crippen molar-refractivity contribution < 1.29 is 18.0 Å². The molecule has 1 aliphatic carbocycles. The summed E-state index contributed by atoms with van der Waals surface area (Å²) in [6, 6.07) is -0.0407. The van der Waals surface area contributed by atoms with Gasteiger partial charge >= 0.3 is 12.1 Å². The van der Waals surface area contributed by atoms with Crippen LogP contribution in [-0.2, 0) is 4.79 Å². The number of nitrogens with one attached hydrogen (secondary N) is 2. The zero-order valence-corrected chi connectivity index (χ0v) is 12.5. The van der Waals surface area contributed by atoms with Gasteiger partial charge in [-0.15, -0.1) is 0 Å². The van der Waals surface area contributed by atoms with Gasteiger partial charge in [-0.05, 0) is 24.7 Å². The Labute approximate surface area is 124 Å². The van der Waals surface area contributed by atoms with Crippen molar-refractivity contribution in [3.63, 3.8) is 0 Å². The fourth-order valence-electron chi connectivity index (χ4n) is 3.93. The summed E-state index contributed by atoms with van der Waals surface area (Å²) in [5, 5.41) is 5.49. The highest BCUT2D eigenvalue weighted by molar-refractivity contribution is 5.81. The van der Waals surface area contributed by atoms with Gasteiger partial charge in [0.15, 0.2) is 0 Å². The average Bonchev–Trinajstić information content (AvgIpc) is 2.47. The first-order valence-corrected chi connectivity index (χ1v) is 8.03. The molecule has 3 atom stereocenters. The second kappa shape index (κ2) is 6.99. The van der Waals surface area contributed by atoms with E-state index in [-0.39, 0.29) is 0 Å². The topological polar surface area (TPSA) is 41.1 Å². The van der Waals surface area contributed by atoms with E-state index in [1.165, 1.54) is 32.1 Å². The zero-order valence-electron chi connectivity index (χ0n) is 12.5. The lowest BCUT2D eigenvalue weighted by Gasteiger charge is -2.42. The van der Waals surface area contributed by atoms with Crippen molar-refractivity contribution in [1.29, 1.82) is 0 Å². The molecule has 21 heavy (non-hydrogen) atoms. The summed E-state index contributed by atoms with van der Waals surface area (Å²) in [5.74, 6) is -0.851. The van der Waals surface area contributed by atoms with E-state index in [1.807, 2.05) is 0 Å². The maximum absolute atomic E-state index is 12.4. The number of hydrogen-bond acceptors (Lipinski definition) is 2. The van der Waals surface area contributed by atoms with Gasteiger partial charge in [-0.3, -0.25) is 4.79 Å². The van der Waals surface area contributed by atoms with Crippen molar-refractivity contribution >= 4 is 5.91 Å². The lowest BCUT2D eigenvalue weighted by molar-refractivity contribution is -0.174. The summed E-state index contributed by atoms with van der Waals surface area (Å²) < 4.78 is 37.1. The normalized spacial score (nSPS) is 31.9. The van der Waals surface area contributed by atoms with Crippen LogP contribution in [0, 0.1) is 11.8 Å². The number of rotatable bonds is 3. The molecule has 1 amide bonds. The SMILES string of the molecule is CCC1NCC(NC(=O)C(F)(F)F)CC1C1CCCCC1. The van der Waals surface area contributed by atoms with E-state index in [0.717, 1.165) is 6.42 Å². The van der Waals surface area contributed by atoms with E-state index in [4.69, 9.17) is 0 Å². The quantitative estimate of drug-likeness (QED) is 0.841. The minimum absolute atomic E-state index is 0.368. The van der Waals surface area contributed by atoms with Gasteiger partial charge < -0.3 is 10.6 Å². The smallest absolute Gasteiger partial charge is 0.344 e. The molecular weight excluding hydrogens is 281 g/mol. The van der Waals surface area contributed by atoms with E-state index in [1.54, 1.807) is 0 Å². The molecule has 6 heteroatoms. The van der Waals surface area contributed by atoms with Crippen LogP contribution in [0.5, 0.6) is 0 Å². The first kappa shape index (κ1) is 16.6.